The molecule has 25 heavy (non-hydrogen) atoms. The van der Waals surface area contributed by atoms with Gasteiger partial charge in [-0.05, 0) is 37.6 Å². The van der Waals surface area contributed by atoms with Crippen molar-refractivity contribution >= 4 is 35.2 Å². The Morgan fingerprint density at radius 2 is 2.08 bits per heavy atom. The predicted molar refractivity (Wildman–Crippen MR) is 93.4 cm³/mol. The average Bonchev–Trinajstić information content (AvgIpc) is 3.05. The molecule has 2 heterocycles. The van der Waals surface area contributed by atoms with Crippen molar-refractivity contribution in [3.05, 3.63) is 30.1 Å². The van der Waals surface area contributed by atoms with E-state index in [0.29, 0.717) is 17.9 Å². The lowest BCUT2D eigenvalue weighted by molar-refractivity contribution is -0.143. The molecule has 2 saturated heterocycles. The molecule has 8 heteroatoms. The van der Waals surface area contributed by atoms with E-state index >= 15 is 0 Å². The van der Waals surface area contributed by atoms with Crippen molar-refractivity contribution in [1.29, 1.82) is 0 Å². The van der Waals surface area contributed by atoms with Crippen molar-refractivity contribution in [2.24, 2.45) is 0 Å². The van der Waals surface area contributed by atoms with Gasteiger partial charge in [0.2, 0.25) is 17.7 Å². The monoisotopic (exact) mass is 365 g/mol. The van der Waals surface area contributed by atoms with E-state index in [4.69, 9.17) is 0 Å². The molecular weight excluding hydrogens is 345 g/mol. The molecule has 2 aliphatic rings. The Hall–Kier alpha value is -2.09. The Morgan fingerprint density at radius 1 is 1.40 bits per heavy atom. The van der Waals surface area contributed by atoms with Gasteiger partial charge in [-0.25, -0.2) is 4.39 Å². The molecule has 0 unspecified atom stereocenters. The van der Waals surface area contributed by atoms with Crippen LogP contribution in [0.3, 0.4) is 0 Å². The van der Waals surface area contributed by atoms with Crippen molar-refractivity contribution in [3.63, 3.8) is 0 Å². The number of fused-ring (bicyclic) bond motifs is 1. The Bertz CT molecular complexity index is 712. The molecule has 3 amide bonds. The summed E-state index contributed by atoms with van der Waals surface area (Å²) in [5.41, 5.74) is 0.464. The first-order chi connectivity index (χ1) is 11.8. The van der Waals surface area contributed by atoms with E-state index in [0.717, 1.165) is 6.42 Å². The summed E-state index contributed by atoms with van der Waals surface area (Å²) in [4.78, 5) is 39.6. The zero-order valence-corrected chi connectivity index (χ0v) is 14.9. The number of rotatable bonds is 4. The average molecular weight is 365 g/mol. The van der Waals surface area contributed by atoms with Crippen LogP contribution >= 0.6 is 11.8 Å². The second kappa shape index (κ2) is 6.67. The normalized spacial score (nSPS) is 25.0. The summed E-state index contributed by atoms with van der Waals surface area (Å²) in [5, 5.41) is 2.62. The van der Waals surface area contributed by atoms with E-state index < -0.39 is 6.04 Å². The van der Waals surface area contributed by atoms with Crippen molar-refractivity contribution in [3.8, 4) is 0 Å². The van der Waals surface area contributed by atoms with Crippen molar-refractivity contribution in [1.82, 2.24) is 9.80 Å². The van der Waals surface area contributed by atoms with Gasteiger partial charge < -0.3 is 15.1 Å². The molecule has 0 radical (unpaired) electrons. The van der Waals surface area contributed by atoms with Crippen LogP contribution in [-0.2, 0) is 14.4 Å². The van der Waals surface area contributed by atoms with Gasteiger partial charge in [0.15, 0.2) is 0 Å². The number of likely N-dealkylation sites (N-methyl/N-ethyl adjacent to an activating group) is 1. The van der Waals surface area contributed by atoms with Crippen molar-refractivity contribution < 1.29 is 18.8 Å². The third-order valence-electron chi connectivity index (χ3n) is 4.61. The quantitative estimate of drug-likeness (QED) is 0.881. The summed E-state index contributed by atoms with van der Waals surface area (Å²) in [6.45, 7) is 1.85. The second-order valence-corrected chi connectivity index (χ2v) is 8.02. The predicted octanol–water partition coefficient (Wildman–Crippen LogP) is 1.68. The fourth-order valence-corrected chi connectivity index (χ4v) is 4.71. The molecule has 134 valence electrons. The second-order valence-electron chi connectivity index (χ2n) is 6.51. The zero-order valence-electron chi connectivity index (χ0n) is 14.1. The van der Waals surface area contributed by atoms with Crippen LogP contribution in [0, 0.1) is 5.82 Å². The number of hydrogen-bond acceptors (Lipinski definition) is 4. The molecule has 1 aromatic carbocycles. The topological polar surface area (TPSA) is 69.7 Å². The lowest BCUT2D eigenvalue weighted by Gasteiger charge is -2.31. The summed E-state index contributed by atoms with van der Waals surface area (Å²) >= 11 is 1.62. The van der Waals surface area contributed by atoms with Gasteiger partial charge in [0.05, 0.1) is 11.4 Å². The first kappa shape index (κ1) is 17.7. The number of halogens is 1. The first-order valence-electron chi connectivity index (χ1n) is 8.07. The van der Waals surface area contributed by atoms with Crippen LogP contribution in [-0.4, -0.2) is 57.8 Å². The largest absolute Gasteiger partial charge is 0.335 e. The van der Waals surface area contributed by atoms with Gasteiger partial charge in [0, 0.05) is 24.9 Å². The Balaban J connectivity index is 1.60. The highest BCUT2D eigenvalue weighted by Gasteiger charge is 2.53. The van der Waals surface area contributed by atoms with Gasteiger partial charge in [-0.15, -0.1) is 11.8 Å². The van der Waals surface area contributed by atoms with E-state index in [1.165, 1.54) is 29.2 Å². The van der Waals surface area contributed by atoms with Crippen LogP contribution < -0.4 is 5.32 Å². The highest BCUT2D eigenvalue weighted by molar-refractivity contribution is 8.01. The lowest BCUT2D eigenvalue weighted by atomic mass is 10.2. The fourth-order valence-electron chi connectivity index (χ4n) is 3.28. The van der Waals surface area contributed by atoms with Gasteiger partial charge >= 0.3 is 0 Å². The van der Waals surface area contributed by atoms with Crippen LogP contribution in [0.5, 0.6) is 0 Å². The number of anilines is 1. The van der Waals surface area contributed by atoms with Gasteiger partial charge in [0.25, 0.3) is 0 Å². The molecule has 0 aliphatic carbocycles. The molecule has 0 bridgehead atoms. The van der Waals surface area contributed by atoms with Gasteiger partial charge in [-0.1, -0.05) is 0 Å². The highest BCUT2D eigenvalue weighted by atomic mass is 32.2. The van der Waals surface area contributed by atoms with Crippen LogP contribution in [0.4, 0.5) is 10.1 Å². The van der Waals surface area contributed by atoms with Crippen LogP contribution in [0.25, 0.3) is 0 Å². The molecule has 0 spiro atoms. The third kappa shape index (κ3) is 3.49. The number of nitrogens with zero attached hydrogens (tertiary/aromatic N) is 2. The number of carbonyl (C=O) groups excluding carboxylic acids is 3. The van der Waals surface area contributed by atoms with Crippen molar-refractivity contribution in [2.45, 2.75) is 30.7 Å². The maximum absolute atomic E-state index is 12.9. The molecule has 2 aliphatic heterocycles. The van der Waals surface area contributed by atoms with Gasteiger partial charge in [0.1, 0.15) is 11.9 Å². The molecule has 2 atom stereocenters. The van der Waals surface area contributed by atoms with E-state index in [1.807, 2.05) is 6.92 Å². The fraction of sp³-hybridized carbons (Fsp3) is 0.471. The number of hydrogen-bond donors (Lipinski definition) is 1. The zero-order chi connectivity index (χ0) is 18.2. The number of nitrogens with one attached hydrogen (secondary N) is 1. The molecule has 1 N–H and O–H groups in total. The highest BCUT2D eigenvalue weighted by Crippen LogP contribution is 2.47. The molecule has 3 rings (SSSR count). The molecule has 6 nitrogen and oxygen atoms in total. The van der Waals surface area contributed by atoms with Crippen LogP contribution in [0.1, 0.15) is 19.8 Å². The SMILES string of the molecule is CN(CC(=O)Nc1ccc(F)cc1)C(=O)[C@@H]1CS[C@@]2(C)CCC(=O)N12. The first-order valence-corrected chi connectivity index (χ1v) is 9.05. The van der Waals surface area contributed by atoms with E-state index in [-0.39, 0.29) is 35.0 Å². The smallest absolute Gasteiger partial charge is 0.246 e. The molecule has 0 aromatic heterocycles. The number of amides is 3. The summed E-state index contributed by atoms with van der Waals surface area (Å²) in [6.07, 6.45) is 1.21. The minimum Gasteiger partial charge on any atom is -0.335 e. The van der Waals surface area contributed by atoms with E-state index in [2.05, 4.69) is 5.32 Å². The Morgan fingerprint density at radius 3 is 2.76 bits per heavy atom. The molecule has 1 aromatic rings. The minimum absolute atomic E-state index is 0.00462. The summed E-state index contributed by atoms with van der Waals surface area (Å²) < 4.78 is 12.9. The van der Waals surface area contributed by atoms with Crippen molar-refractivity contribution in [2.75, 3.05) is 24.7 Å². The van der Waals surface area contributed by atoms with Crippen LogP contribution in [0.15, 0.2) is 24.3 Å². The molecule has 2 fully saturated rings. The van der Waals surface area contributed by atoms with E-state index in [9.17, 15) is 18.8 Å². The third-order valence-corrected chi connectivity index (χ3v) is 6.12. The maximum Gasteiger partial charge on any atom is 0.246 e. The Kier molecular flexibility index (Phi) is 4.73. The summed E-state index contributed by atoms with van der Waals surface area (Å²) in [5.74, 6) is -0.452. The summed E-state index contributed by atoms with van der Waals surface area (Å²) in [6, 6.07) is 4.89. The van der Waals surface area contributed by atoms with Gasteiger partial charge in [-0.2, -0.15) is 0 Å². The Labute approximate surface area is 149 Å². The standard InChI is InChI=1S/C17H20FN3O3S/c1-17-8-7-15(23)21(17)13(10-25-17)16(24)20(2)9-14(22)19-12-5-3-11(18)4-6-12/h3-6,13H,7-10H2,1-2H3,(H,19,22)/t13-,17-/m0/s1. The molecular formula is C17H20FN3O3S. The lowest BCUT2D eigenvalue weighted by Crippen LogP contribution is -2.51. The number of benzene rings is 1. The van der Waals surface area contributed by atoms with E-state index in [1.54, 1.807) is 23.7 Å². The van der Waals surface area contributed by atoms with Crippen LogP contribution in [0.2, 0.25) is 0 Å². The van der Waals surface area contributed by atoms with Gasteiger partial charge in [-0.3, -0.25) is 14.4 Å². The minimum atomic E-state index is -0.520. The summed E-state index contributed by atoms with van der Waals surface area (Å²) in [7, 11) is 1.55. The number of thioether (sulfide) groups is 1. The maximum atomic E-state index is 12.9. The molecule has 0 saturated carbocycles. The number of carbonyl (C=O) groups is 3.